The molecule has 0 aromatic carbocycles. The predicted octanol–water partition coefficient (Wildman–Crippen LogP) is 2.29. The Hall–Kier alpha value is -0.800. The van der Waals surface area contributed by atoms with Crippen LogP contribution in [0.5, 0.6) is 0 Å². The Morgan fingerprint density at radius 3 is 2.73 bits per heavy atom. The smallest absolute Gasteiger partial charge is 0.128 e. The summed E-state index contributed by atoms with van der Waals surface area (Å²) in [5.74, 6) is 1.44. The third-order valence-corrected chi connectivity index (χ3v) is 2.70. The van der Waals surface area contributed by atoms with Crippen LogP contribution >= 0.6 is 11.6 Å². The van der Waals surface area contributed by atoms with Crippen molar-refractivity contribution >= 4 is 17.4 Å². The maximum absolute atomic E-state index is 5.70. The van der Waals surface area contributed by atoms with Gasteiger partial charge in [0.2, 0.25) is 0 Å². The van der Waals surface area contributed by atoms with Gasteiger partial charge in [0.05, 0.1) is 12.6 Å². The highest BCUT2D eigenvalue weighted by Crippen LogP contribution is 2.13. The van der Waals surface area contributed by atoms with Crippen LogP contribution in [0.2, 0.25) is 0 Å². The van der Waals surface area contributed by atoms with Crippen molar-refractivity contribution in [2.75, 3.05) is 25.7 Å². The van der Waals surface area contributed by atoms with Crippen molar-refractivity contribution in [3.63, 3.8) is 0 Å². The molecule has 0 radical (unpaired) electrons. The lowest BCUT2D eigenvalue weighted by atomic mass is 10.3. The summed E-state index contributed by atoms with van der Waals surface area (Å²) in [6, 6.07) is 4.28. The molecule has 4 heteroatoms. The third kappa shape index (κ3) is 3.36. The van der Waals surface area contributed by atoms with Gasteiger partial charge in [-0.15, -0.1) is 11.6 Å². The molecule has 0 amide bonds. The Labute approximate surface area is 96.0 Å². The summed E-state index contributed by atoms with van der Waals surface area (Å²) >= 11 is 5.70. The molecule has 0 aliphatic carbocycles. The molecule has 3 nitrogen and oxygen atoms in total. The minimum atomic E-state index is 0.310. The molecule has 0 spiro atoms. The fraction of sp³-hybridized carbons (Fsp3) is 0.545. The van der Waals surface area contributed by atoms with Crippen molar-refractivity contribution in [1.29, 1.82) is 0 Å². The van der Waals surface area contributed by atoms with Gasteiger partial charge in [0.15, 0.2) is 0 Å². The molecular weight excluding hydrogens is 212 g/mol. The van der Waals surface area contributed by atoms with E-state index in [1.165, 1.54) is 0 Å². The van der Waals surface area contributed by atoms with Gasteiger partial charge in [0, 0.05) is 26.2 Å². The number of halogens is 1. The fourth-order valence-corrected chi connectivity index (χ4v) is 1.44. The largest absolute Gasteiger partial charge is 0.383 e. The zero-order chi connectivity index (χ0) is 11.3. The summed E-state index contributed by atoms with van der Waals surface area (Å²) in [6.07, 6.45) is 1.80. The second-order valence-corrected chi connectivity index (χ2v) is 3.84. The van der Waals surface area contributed by atoms with Crippen LogP contribution < -0.4 is 4.90 Å². The van der Waals surface area contributed by atoms with Gasteiger partial charge in [-0.2, -0.15) is 0 Å². The van der Waals surface area contributed by atoms with Crippen molar-refractivity contribution in [1.82, 2.24) is 4.98 Å². The minimum absolute atomic E-state index is 0.310. The first kappa shape index (κ1) is 12.3. The van der Waals surface area contributed by atoms with Crippen LogP contribution in [0.3, 0.4) is 0 Å². The van der Waals surface area contributed by atoms with Crippen LogP contribution in [0.25, 0.3) is 0 Å². The number of alkyl halides is 1. The normalized spacial score (nSPS) is 12.5. The van der Waals surface area contributed by atoms with Crippen LogP contribution in [-0.2, 0) is 10.6 Å². The highest BCUT2D eigenvalue weighted by Gasteiger charge is 2.10. The van der Waals surface area contributed by atoms with Gasteiger partial charge < -0.3 is 9.64 Å². The Bertz CT molecular complexity index is 289. The van der Waals surface area contributed by atoms with E-state index in [0.717, 1.165) is 11.4 Å². The molecule has 1 aromatic heterocycles. The van der Waals surface area contributed by atoms with E-state index in [1.54, 1.807) is 13.3 Å². The topological polar surface area (TPSA) is 25.4 Å². The van der Waals surface area contributed by atoms with Gasteiger partial charge in [0.1, 0.15) is 5.82 Å². The molecule has 1 rings (SSSR count). The SMILES string of the molecule is COCC(C)N(C)c1ccc(CCl)cn1. The van der Waals surface area contributed by atoms with E-state index in [2.05, 4.69) is 16.8 Å². The average molecular weight is 229 g/mol. The molecule has 0 fully saturated rings. The zero-order valence-electron chi connectivity index (χ0n) is 9.40. The average Bonchev–Trinajstić information content (AvgIpc) is 2.28. The van der Waals surface area contributed by atoms with Gasteiger partial charge in [0.25, 0.3) is 0 Å². The Morgan fingerprint density at radius 1 is 1.53 bits per heavy atom. The lowest BCUT2D eigenvalue weighted by Gasteiger charge is -2.25. The lowest BCUT2D eigenvalue weighted by molar-refractivity contribution is 0.183. The number of ether oxygens (including phenoxy) is 1. The molecule has 0 aliphatic heterocycles. The van der Waals surface area contributed by atoms with E-state index in [9.17, 15) is 0 Å². The Morgan fingerprint density at radius 2 is 2.27 bits per heavy atom. The highest BCUT2D eigenvalue weighted by molar-refractivity contribution is 6.17. The van der Waals surface area contributed by atoms with Gasteiger partial charge in [-0.1, -0.05) is 6.07 Å². The first-order valence-corrected chi connectivity index (χ1v) is 5.45. The first-order chi connectivity index (χ1) is 7.19. The van der Waals surface area contributed by atoms with Crippen molar-refractivity contribution in [2.24, 2.45) is 0 Å². The van der Waals surface area contributed by atoms with E-state index in [4.69, 9.17) is 16.3 Å². The molecule has 1 aromatic rings. The minimum Gasteiger partial charge on any atom is -0.383 e. The second kappa shape index (κ2) is 5.93. The second-order valence-electron chi connectivity index (χ2n) is 3.57. The number of anilines is 1. The third-order valence-electron chi connectivity index (χ3n) is 2.39. The number of aromatic nitrogens is 1. The maximum Gasteiger partial charge on any atom is 0.128 e. The van der Waals surface area contributed by atoms with Crippen molar-refractivity contribution < 1.29 is 4.74 Å². The van der Waals surface area contributed by atoms with E-state index in [-0.39, 0.29) is 0 Å². The monoisotopic (exact) mass is 228 g/mol. The number of nitrogens with zero attached hydrogens (tertiary/aromatic N) is 2. The van der Waals surface area contributed by atoms with E-state index < -0.39 is 0 Å². The molecule has 0 N–H and O–H groups in total. The lowest BCUT2D eigenvalue weighted by Crippen LogP contribution is -2.33. The molecule has 0 aliphatic rings. The molecular formula is C11H17ClN2O. The Kier molecular flexibility index (Phi) is 4.85. The molecule has 15 heavy (non-hydrogen) atoms. The van der Waals surface area contributed by atoms with E-state index in [0.29, 0.717) is 18.5 Å². The van der Waals surface area contributed by atoms with Crippen molar-refractivity contribution in [3.05, 3.63) is 23.9 Å². The maximum atomic E-state index is 5.70. The van der Waals surface area contributed by atoms with Crippen LogP contribution in [0.4, 0.5) is 5.82 Å². The summed E-state index contributed by atoms with van der Waals surface area (Å²) < 4.78 is 5.10. The summed E-state index contributed by atoms with van der Waals surface area (Å²) in [5.41, 5.74) is 1.04. The Balaban J connectivity index is 2.69. The molecule has 0 saturated carbocycles. The van der Waals surface area contributed by atoms with Crippen LogP contribution in [0.15, 0.2) is 18.3 Å². The van der Waals surface area contributed by atoms with Crippen molar-refractivity contribution in [2.45, 2.75) is 18.8 Å². The van der Waals surface area contributed by atoms with Crippen LogP contribution in [0.1, 0.15) is 12.5 Å². The predicted molar refractivity (Wildman–Crippen MR) is 63.5 cm³/mol. The number of likely N-dealkylation sites (N-methyl/N-ethyl adjacent to an activating group) is 1. The first-order valence-electron chi connectivity index (χ1n) is 4.91. The summed E-state index contributed by atoms with van der Waals surface area (Å²) in [6.45, 7) is 2.79. The number of methoxy groups -OCH3 is 1. The molecule has 0 bridgehead atoms. The fourth-order valence-electron chi connectivity index (χ4n) is 1.28. The van der Waals surface area contributed by atoms with Gasteiger partial charge >= 0.3 is 0 Å². The van der Waals surface area contributed by atoms with Gasteiger partial charge in [-0.05, 0) is 18.6 Å². The van der Waals surface area contributed by atoms with E-state index >= 15 is 0 Å². The zero-order valence-corrected chi connectivity index (χ0v) is 10.2. The quantitative estimate of drug-likeness (QED) is 0.724. The van der Waals surface area contributed by atoms with E-state index in [1.807, 2.05) is 19.2 Å². The number of rotatable bonds is 5. The molecule has 1 atom stereocenters. The van der Waals surface area contributed by atoms with Crippen LogP contribution in [-0.4, -0.2) is 31.8 Å². The van der Waals surface area contributed by atoms with Gasteiger partial charge in [-0.25, -0.2) is 4.98 Å². The van der Waals surface area contributed by atoms with Crippen molar-refractivity contribution in [3.8, 4) is 0 Å². The molecule has 1 heterocycles. The van der Waals surface area contributed by atoms with Crippen LogP contribution in [0, 0.1) is 0 Å². The molecule has 84 valence electrons. The summed E-state index contributed by atoms with van der Waals surface area (Å²) in [4.78, 5) is 6.42. The molecule has 1 unspecified atom stereocenters. The number of hydrogen-bond donors (Lipinski definition) is 0. The summed E-state index contributed by atoms with van der Waals surface area (Å²) in [7, 11) is 3.71. The van der Waals surface area contributed by atoms with Gasteiger partial charge in [-0.3, -0.25) is 0 Å². The number of hydrogen-bond acceptors (Lipinski definition) is 3. The standard InChI is InChI=1S/C11H17ClN2O/c1-9(8-15-3)14(2)11-5-4-10(6-12)7-13-11/h4-5,7,9H,6,8H2,1-3H3. The number of pyridine rings is 1. The highest BCUT2D eigenvalue weighted by atomic mass is 35.5. The molecule has 0 saturated heterocycles. The summed E-state index contributed by atoms with van der Waals surface area (Å²) in [5, 5.41) is 0.